The number of benzene rings is 1. The molecule has 1 nitrogen and oxygen atoms in total. The maximum Gasteiger partial charge on any atom is 0.124 e. The minimum absolute atomic E-state index is 0.215. The van der Waals surface area contributed by atoms with Crippen LogP contribution in [0.25, 0.3) is 0 Å². The van der Waals surface area contributed by atoms with E-state index in [2.05, 4.69) is 6.92 Å². The lowest BCUT2D eigenvalue weighted by Crippen LogP contribution is -2.09. The summed E-state index contributed by atoms with van der Waals surface area (Å²) in [4.78, 5) is 0.887. The number of aliphatic hydroxyl groups is 1. The lowest BCUT2D eigenvalue weighted by molar-refractivity contribution is 0.185. The molecule has 0 amide bonds. The third-order valence-corrected chi connectivity index (χ3v) is 3.77. The van der Waals surface area contributed by atoms with Crippen molar-refractivity contribution in [1.82, 2.24) is 0 Å². The van der Waals surface area contributed by atoms with Gasteiger partial charge in [0, 0.05) is 10.6 Å². The van der Waals surface area contributed by atoms with E-state index in [4.69, 9.17) is 0 Å². The van der Waals surface area contributed by atoms with Gasteiger partial charge in [0.1, 0.15) is 5.82 Å². The van der Waals surface area contributed by atoms with Crippen molar-refractivity contribution in [2.45, 2.75) is 50.0 Å². The van der Waals surface area contributed by atoms with E-state index in [1.54, 1.807) is 6.07 Å². The summed E-state index contributed by atoms with van der Waals surface area (Å²) in [6.45, 7) is 2.18. The van der Waals surface area contributed by atoms with E-state index in [-0.39, 0.29) is 11.9 Å². The fourth-order valence-electron chi connectivity index (χ4n) is 1.64. The maximum atomic E-state index is 12.9. The van der Waals surface area contributed by atoms with Crippen molar-refractivity contribution in [3.05, 3.63) is 30.1 Å². The molecule has 0 saturated heterocycles. The summed E-state index contributed by atoms with van der Waals surface area (Å²) in [5.41, 5.74) is 0. The predicted molar refractivity (Wildman–Crippen MR) is 71.9 cm³/mol. The molecule has 1 atom stereocenters. The molecule has 17 heavy (non-hydrogen) atoms. The van der Waals surface area contributed by atoms with Gasteiger partial charge < -0.3 is 5.11 Å². The Hall–Kier alpha value is -0.540. The van der Waals surface area contributed by atoms with Crippen LogP contribution in [-0.4, -0.2) is 17.0 Å². The molecule has 0 aliphatic rings. The van der Waals surface area contributed by atoms with Crippen LogP contribution in [0, 0.1) is 5.82 Å². The second-order valence-electron chi connectivity index (χ2n) is 4.27. The molecule has 0 heterocycles. The first kappa shape index (κ1) is 14.5. The van der Waals surface area contributed by atoms with Crippen LogP contribution < -0.4 is 0 Å². The highest BCUT2D eigenvalue weighted by molar-refractivity contribution is 7.99. The Morgan fingerprint density at radius 1 is 1.29 bits per heavy atom. The first-order valence-corrected chi connectivity index (χ1v) is 7.27. The molecular formula is C14H21FOS. The number of rotatable bonds is 8. The Bertz CT molecular complexity index is 317. The van der Waals surface area contributed by atoms with Crippen LogP contribution in [-0.2, 0) is 0 Å². The first-order chi connectivity index (χ1) is 8.22. The molecule has 96 valence electrons. The molecule has 0 aromatic heterocycles. The first-order valence-electron chi connectivity index (χ1n) is 6.28. The second-order valence-corrected chi connectivity index (χ2v) is 5.36. The van der Waals surface area contributed by atoms with Crippen LogP contribution >= 0.6 is 11.8 Å². The molecule has 1 N–H and O–H groups in total. The molecule has 1 unspecified atom stereocenters. The van der Waals surface area contributed by atoms with E-state index < -0.39 is 0 Å². The second kappa shape index (κ2) is 8.54. The maximum absolute atomic E-state index is 12.9. The van der Waals surface area contributed by atoms with E-state index in [1.165, 1.54) is 43.2 Å². The van der Waals surface area contributed by atoms with Crippen molar-refractivity contribution >= 4 is 11.8 Å². The third-order valence-electron chi connectivity index (χ3n) is 2.63. The van der Waals surface area contributed by atoms with E-state index >= 15 is 0 Å². The van der Waals surface area contributed by atoms with Crippen LogP contribution in [0.1, 0.15) is 39.0 Å². The summed E-state index contributed by atoms with van der Waals surface area (Å²) in [7, 11) is 0. The van der Waals surface area contributed by atoms with Crippen LogP contribution in [0.3, 0.4) is 0 Å². The van der Waals surface area contributed by atoms with Gasteiger partial charge in [-0.25, -0.2) is 4.39 Å². The fraction of sp³-hybridized carbons (Fsp3) is 0.571. The van der Waals surface area contributed by atoms with Gasteiger partial charge in [-0.3, -0.25) is 0 Å². The van der Waals surface area contributed by atoms with Gasteiger partial charge in [0.25, 0.3) is 0 Å². The SMILES string of the molecule is CCCCCCC(O)CSc1cccc(F)c1. The monoisotopic (exact) mass is 256 g/mol. The Morgan fingerprint density at radius 2 is 2.12 bits per heavy atom. The standard InChI is InChI=1S/C14H21FOS/c1-2-3-4-5-8-13(16)11-17-14-9-6-7-12(15)10-14/h6-7,9-10,13,16H,2-5,8,11H2,1H3. The van der Waals surface area contributed by atoms with Gasteiger partial charge in [-0.15, -0.1) is 11.8 Å². The van der Waals surface area contributed by atoms with Gasteiger partial charge in [-0.2, -0.15) is 0 Å². The molecule has 1 rings (SSSR count). The van der Waals surface area contributed by atoms with Crippen molar-refractivity contribution in [2.24, 2.45) is 0 Å². The van der Waals surface area contributed by atoms with Gasteiger partial charge in [0.05, 0.1) is 6.10 Å². The van der Waals surface area contributed by atoms with Crippen molar-refractivity contribution in [3.8, 4) is 0 Å². The number of halogens is 1. The summed E-state index contributed by atoms with van der Waals surface area (Å²) < 4.78 is 12.9. The van der Waals surface area contributed by atoms with Gasteiger partial charge in [-0.1, -0.05) is 38.7 Å². The molecular weight excluding hydrogens is 235 g/mol. The summed E-state index contributed by atoms with van der Waals surface area (Å²) in [6, 6.07) is 6.52. The minimum atomic E-state index is -0.278. The van der Waals surface area contributed by atoms with Crippen LogP contribution in [0.5, 0.6) is 0 Å². The van der Waals surface area contributed by atoms with Gasteiger partial charge >= 0.3 is 0 Å². The van der Waals surface area contributed by atoms with E-state index in [1.807, 2.05) is 6.07 Å². The number of thioether (sulfide) groups is 1. The average Bonchev–Trinajstić information content (AvgIpc) is 2.32. The van der Waals surface area contributed by atoms with E-state index in [0.717, 1.165) is 17.7 Å². The molecule has 0 aliphatic carbocycles. The third kappa shape index (κ3) is 6.69. The van der Waals surface area contributed by atoms with Crippen molar-refractivity contribution in [3.63, 3.8) is 0 Å². The molecule has 0 spiro atoms. The predicted octanol–water partition coefficient (Wildman–Crippen LogP) is 4.25. The highest BCUT2D eigenvalue weighted by atomic mass is 32.2. The molecule has 0 saturated carbocycles. The summed E-state index contributed by atoms with van der Waals surface area (Å²) in [5, 5.41) is 9.76. The highest BCUT2D eigenvalue weighted by Gasteiger charge is 2.05. The Labute approximate surface area is 107 Å². The number of hydrogen-bond donors (Lipinski definition) is 1. The number of aliphatic hydroxyl groups excluding tert-OH is 1. The van der Waals surface area contributed by atoms with Crippen molar-refractivity contribution < 1.29 is 9.50 Å². The highest BCUT2D eigenvalue weighted by Crippen LogP contribution is 2.20. The van der Waals surface area contributed by atoms with Gasteiger partial charge in [-0.05, 0) is 24.6 Å². The largest absolute Gasteiger partial charge is 0.392 e. The Kier molecular flexibility index (Phi) is 7.29. The quantitative estimate of drug-likeness (QED) is 0.554. The zero-order valence-electron chi connectivity index (χ0n) is 10.4. The number of hydrogen-bond acceptors (Lipinski definition) is 2. The van der Waals surface area contributed by atoms with Crippen LogP contribution in [0.15, 0.2) is 29.2 Å². The Balaban J connectivity index is 2.17. The van der Waals surface area contributed by atoms with E-state index in [0.29, 0.717) is 5.75 Å². The number of unbranched alkanes of at least 4 members (excludes halogenated alkanes) is 3. The minimum Gasteiger partial charge on any atom is -0.392 e. The van der Waals surface area contributed by atoms with Crippen molar-refractivity contribution in [2.75, 3.05) is 5.75 Å². The lowest BCUT2D eigenvalue weighted by atomic mass is 10.1. The molecule has 3 heteroatoms. The smallest absolute Gasteiger partial charge is 0.124 e. The van der Waals surface area contributed by atoms with Crippen LogP contribution in [0.4, 0.5) is 4.39 Å². The molecule has 1 aromatic carbocycles. The van der Waals surface area contributed by atoms with Gasteiger partial charge in [0.15, 0.2) is 0 Å². The Morgan fingerprint density at radius 3 is 2.82 bits per heavy atom. The molecule has 0 bridgehead atoms. The molecule has 0 fully saturated rings. The fourth-order valence-corrected chi connectivity index (χ4v) is 2.56. The molecule has 0 radical (unpaired) electrons. The average molecular weight is 256 g/mol. The molecule has 0 aliphatic heterocycles. The summed E-state index contributed by atoms with van der Waals surface area (Å²) in [6.07, 6.45) is 5.30. The lowest BCUT2D eigenvalue weighted by Gasteiger charge is -2.09. The normalized spacial score (nSPS) is 12.6. The summed E-state index contributed by atoms with van der Waals surface area (Å²) >= 11 is 1.52. The van der Waals surface area contributed by atoms with Crippen molar-refractivity contribution in [1.29, 1.82) is 0 Å². The topological polar surface area (TPSA) is 20.2 Å². The van der Waals surface area contributed by atoms with Crippen LogP contribution in [0.2, 0.25) is 0 Å². The van der Waals surface area contributed by atoms with Gasteiger partial charge in [0.2, 0.25) is 0 Å². The molecule has 1 aromatic rings. The summed E-state index contributed by atoms with van der Waals surface area (Å²) in [5.74, 6) is 0.433. The zero-order valence-corrected chi connectivity index (χ0v) is 11.2. The zero-order chi connectivity index (χ0) is 12.5. The van der Waals surface area contributed by atoms with E-state index in [9.17, 15) is 9.50 Å².